The molecule has 6 rings (SSSR count). The number of benzene rings is 2. The highest BCUT2D eigenvalue weighted by molar-refractivity contribution is 6.39. The van der Waals surface area contributed by atoms with E-state index in [1.165, 1.54) is 28.7 Å². The van der Waals surface area contributed by atoms with E-state index in [2.05, 4.69) is 25.9 Å². The molecule has 0 spiro atoms. The Morgan fingerprint density at radius 2 is 1.76 bits per heavy atom. The van der Waals surface area contributed by atoms with Crippen LogP contribution in [0.2, 0.25) is 10.0 Å². The van der Waals surface area contributed by atoms with Gasteiger partial charge in [0.05, 0.1) is 40.9 Å². The fourth-order valence-electron chi connectivity index (χ4n) is 6.32. The SMILES string of the molecule is COc1nc(-c2cccc(-c3cccc(-c4ccn5c(=O)c(CNC[C@@H](O)CC(=O)N(C)C)cnc5c4)c3Cl)c2Cl)cc(F)c1CNC[C@H]1CCC(=O)N1. The maximum absolute atomic E-state index is 15.6. The lowest BCUT2D eigenvalue weighted by Gasteiger charge is -2.16. The fraction of sp³-hybridized carbons (Fsp3) is 0.308. The molecule has 2 amide bonds. The van der Waals surface area contributed by atoms with Crippen LogP contribution in [0.25, 0.3) is 39.2 Å². The van der Waals surface area contributed by atoms with Crippen LogP contribution < -0.4 is 26.2 Å². The highest BCUT2D eigenvalue weighted by atomic mass is 35.5. The first kappa shape index (κ1) is 38.8. The number of hydrogen-bond donors (Lipinski definition) is 4. The number of halogens is 3. The molecule has 1 aliphatic heterocycles. The van der Waals surface area contributed by atoms with Crippen molar-refractivity contribution >= 4 is 40.7 Å². The topological polar surface area (TPSA) is 150 Å². The summed E-state index contributed by atoms with van der Waals surface area (Å²) in [6.07, 6.45) is 3.41. The first-order valence-corrected chi connectivity index (χ1v) is 18.1. The van der Waals surface area contributed by atoms with E-state index in [0.29, 0.717) is 62.0 Å². The average molecular weight is 777 g/mol. The number of aliphatic hydroxyl groups excluding tert-OH is 1. The fourth-order valence-corrected chi connectivity index (χ4v) is 6.98. The molecule has 5 aromatic rings. The summed E-state index contributed by atoms with van der Waals surface area (Å²) >= 11 is 14.1. The molecule has 4 heterocycles. The van der Waals surface area contributed by atoms with Crippen LogP contribution in [-0.4, -0.2) is 82.6 Å². The first-order valence-electron chi connectivity index (χ1n) is 17.4. The largest absolute Gasteiger partial charge is 0.481 e. The third-order valence-corrected chi connectivity index (χ3v) is 10.1. The molecule has 0 bridgehead atoms. The van der Waals surface area contributed by atoms with Gasteiger partial charge in [0.25, 0.3) is 5.56 Å². The molecule has 3 aromatic heterocycles. The quantitative estimate of drug-likeness (QED) is 0.124. The van der Waals surface area contributed by atoms with Gasteiger partial charge in [-0.3, -0.25) is 18.8 Å². The molecule has 0 aliphatic carbocycles. The second kappa shape index (κ2) is 17.0. The Bertz CT molecular complexity index is 2270. The van der Waals surface area contributed by atoms with Gasteiger partial charge in [-0.25, -0.2) is 14.4 Å². The van der Waals surface area contributed by atoms with Crippen LogP contribution >= 0.6 is 23.2 Å². The Kier molecular flexibility index (Phi) is 12.2. The maximum Gasteiger partial charge on any atom is 0.262 e. The summed E-state index contributed by atoms with van der Waals surface area (Å²) in [7, 11) is 4.67. The number of amides is 2. The van der Waals surface area contributed by atoms with E-state index in [-0.39, 0.29) is 66.6 Å². The summed E-state index contributed by atoms with van der Waals surface area (Å²) in [6, 6.07) is 15.7. The number of nitrogens with one attached hydrogen (secondary N) is 3. The Morgan fingerprint density at radius 3 is 2.44 bits per heavy atom. The van der Waals surface area contributed by atoms with Gasteiger partial charge in [0.2, 0.25) is 17.7 Å². The second-order valence-electron chi connectivity index (χ2n) is 13.3. The van der Waals surface area contributed by atoms with E-state index in [1.807, 2.05) is 24.3 Å². The normalized spacial score (nSPS) is 14.6. The van der Waals surface area contributed by atoms with Crippen LogP contribution in [0.1, 0.15) is 30.4 Å². The van der Waals surface area contributed by atoms with Crippen molar-refractivity contribution < 1.29 is 23.8 Å². The lowest BCUT2D eigenvalue weighted by atomic mass is 9.97. The van der Waals surface area contributed by atoms with E-state index in [0.717, 1.165) is 6.42 Å². The molecule has 1 fully saturated rings. The van der Waals surface area contributed by atoms with Gasteiger partial charge in [-0.15, -0.1) is 0 Å². The van der Waals surface area contributed by atoms with Gasteiger partial charge in [-0.1, -0.05) is 59.6 Å². The minimum atomic E-state index is -0.890. The summed E-state index contributed by atoms with van der Waals surface area (Å²) in [5.41, 5.74) is 4.20. The van der Waals surface area contributed by atoms with Gasteiger partial charge in [0.15, 0.2) is 0 Å². The Labute approximate surface area is 321 Å². The number of nitrogens with zero attached hydrogens (tertiary/aromatic N) is 4. The van der Waals surface area contributed by atoms with Crippen molar-refractivity contribution in [2.24, 2.45) is 0 Å². The minimum Gasteiger partial charge on any atom is -0.481 e. The Hall–Kier alpha value is -4.92. The molecule has 0 unspecified atom stereocenters. The number of fused-ring (bicyclic) bond motifs is 1. The van der Waals surface area contributed by atoms with Crippen molar-refractivity contribution in [1.29, 1.82) is 0 Å². The molecule has 4 N–H and O–H groups in total. The molecule has 12 nitrogen and oxygen atoms in total. The van der Waals surface area contributed by atoms with Crippen molar-refractivity contribution in [1.82, 2.24) is 35.2 Å². The third-order valence-electron chi connectivity index (χ3n) is 9.26. The average Bonchev–Trinajstić information content (AvgIpc) is 3.57. The zero-order valence-corrected chi connectivity index (χ0v) is 31.5. The lowest BCUT2D eigenvalue weighted by Crippen LogP contribution is -2.35. The van der Waals surface area contributed by atoms with Crippen LogP contribution in [-0.2, 0) is 22.7 Å². The third kappa shape index (κ3) is 8.56. The number of pyridine rings is 2. The van der Waals surface area contributed by atoms with Gasteiger partial charge < -0.3 is 30.7 Å². The summed E-state index contributed by atoms with van der Waals surface area (Å²) in [5.74, 6) is -0.571. The molecule has 2 aromatic carbocycles. The summed E-state index contributed by atoms with van der Waals surface area (Å²) in [4.78, 5) is 47.1. The number of rotatable bonds is 14. The van der Waals surface area contributed by atoms with Gasteiger partial charge in [-0.2, -0.15) is 0 Å². The van der Waals surface area contributed by atoms with E-state index in [4.69, 9.17) is 27.9 Å². The predicted molar refractivity (Wildman–Crippen MR) is 206 cm³/mol. The van der Waals surface area contributed by atoms with Crippen LogP contribution in [0.15, 0.2) is 71.8 Å². The zero-order chi connectivity index (χ0) is 38.5. The monoisotopic (exact) mass is 775 g/mol. The van der Waals surface area contributed by atoms with Crippen molar-refractivity contribution in [3.05, 3.63) is 104 Å². The standard InChI is InChI=1S/C39H40Cl2FN7O5/c1-48(2)35(52)15-25(50)20-43-17-23-18-45-33-14-22(12-13-49(33)39(23)53)26-6-4-7-27(36(26)40)28-8-5-9-29(37(28)41)32-16-31(42)30(38(47-32)54-3)21-44-19-24-10-11-34(51)46-24/h4-9,12-14,16,18,24-25,43-44,50H,10-11,15,17,19-21H2,1-3H3,(H,46,51)/t24-,25+/m1/s1. The van der Waals surface area contributed by atoms with Crippen LogP contribution in [0.4, 0.5) is 4.39 Å². The molecular formula is C39H40Cl2FN7O5. The van der Waals surface area contributed by atoms with Gasteiger partial charge >= 0.3 is 0 Å². The highest BCUT2D eigenvalue weighted by Crippen LogP contribution is 2.42. The number of carbonyl (C=O) groups is 2. The summed E-state index contributed by atoms with van der Waals surface area (Å²) in [6.45, 7) is 0.954. The van der Waals surface area contributed by atoms with E-state index in [1.54, 1.807) is 44.6 Å². The minimum absolute atomic E-state index is 0.00408. The molecular weight excluding hydrogens is 736 g/mol. The van der Waals surface area contributed by atoms with Crippen LogP contribution in [0, 0.1) is 5.82 Å². The lowest BCUT2D eigenvalue weighted by molar-refractivity contribution is -0.130. The molecule has 0 saturated carbocycles. The van der Waals surface area contributed by atoms with Gasteiger partial charge in [-0.05, 0) is 24.1 Å². The maximum atomic E-state index is 15.6. The van der Waals surface area contributed by atoms with Crippen molar-refractivity contribution in [3.63, 3.8) is 0 Å². The Balaban J connectivity index is 1.22. The smallest absolute Gasteiger partial charge is 0.262 e. The number of carbonyl (C=O) groups excluding carboxylic acids is 2. The van der Waals surface area contributed by atoms with Crippen molar-refractivity contribution in [2.75, 3.05) is 34.3 Å². The Morgan fingerprint density at radius 1 is 1.06 bits per heavy atom. The zero-order valence-electron chi connectivity index (χ0n) is 30.0. The van der Waals surface area contributed by atoms with E-state index >= 15 is 4.39 Å². The van der Waals surface area contributed by atoms with Crippen LogP contribution in [0.5, 0.6) is 5.88 Å². The molecule has 2 atom stereocenters. The molecule has 1 aliphatic rings. The number of aliphatic hydroxyl groups is 1. The first-order chi connectivity index (χ1) is 25.9. The summed E-state index contributed by atoms with van der Waals surface area (Å²) < 4.78 is 22.5. The van der Waals surface area contributed by atoms with Crippen LogP contribution in [0.3, 0.4) is 0 Å². The van der Waals surface area contributed by atoms with Gasteiger partial charge in [0.1, 0.15) is 11.5 Å². The predicted octanol–water partition coefficient (Wildman–Crippen LogP) is 4.84. The van der Waals surface area contributed by atoms with Crippen molar-refractivity contribution in [3.8, 4) is 39.4 Å². The summed E-state index contributed by atoms with van der Waals surface area (Å²) in [5, 5.41) is 20.0. The molecule has 1 saturated heterocycles. The molecule has 15 heteroatoms. The number of hydrogen-bond acceptors (Lipinski definition) is 9. The van der Waals surface area contributed by atoms with E-state index < -0.39 is 11.9 Å². The second-order valence-corrected chi connectivity index (χ2v) is 14.0. The molecule has 54 heavy (non-hydrogen) atoms. The molecule has 0 radical (unpaired) electrons. The number of aromatic nitrogens is 3. The van der Waals surface area contributed by atoms with Crippen molar-refractivity contribution in [2.45, 2.75) is 44.5 Å². The highest BCUT2D eigenvalue weighted by Gasteiger charge is 2.22. The molecule has 282 valence electrons. The number of ether oxygens (including phenoxy) is 1. The van der Waals surface area contributed by atoms with Gasteiger partial charge in [0, 0.05) is 99.0 Å². The van der Waals surface area contributed by atoms with E-state index in [9.17, 15) is 19.5 Å². The number of methoxy groups -OCH3 is 1.